The average Bonchev–Trinajstić information content (AvgIpc) is 3.04. The van der Waals surface area contributed by atoms with E-state index in [0.29, 0.717) is 18.6 Å². The summed E-state index contributed by atoms with van der Waals surface area (Å²) in [6.45, 7) is 6.21. The molecule has 2 heteroatoms. The SMILES string of the molecule is CC(Cc1ccccc1)c1ccc(OCCN2c3ccccc3CC2C)cc1. The second-order valence-corrected chi connectivity index (χ2v) is 7.88. The number of rotatable bonds is 7. The van der Waals surface area contributed by atoms with Crippen molar-refractivity contribution in [2.24, 2.45) is 0 Å². The van der Waals surface area contributed by atoms with Gasteiger partial charge in [0.1, 0.15) is 12.4 Å². The molecule has 0 saturated heterocycles. The third-order valence-electron chi connectivity index (χ3n) is 5.78. The number of nitrogens with zero attached hydrogens (tertiary/aromatic N) is 1. The van der Waals surface area contributed by atoms with Crippen molar-refractivity contribution >= 4 is 5.69 Å². The van der Waals surface area contributed by atoms with Gasteiger partial charge in [-0.3, -0.25) is 0 Å². The Balaban J connectivity index is 1.30. The summed E-state index contributed by atoms with van der Waals surface area (Å²) in [6.07, 6.45) is 2.19. The summed E-state index contributed by atoms with van der Waals surface area (Å²) in [4.78, 5) is 2.46. The molecule has 0 aliphatic carbocycles. The normalized spacial score (nSPS) is 16.6. The Morgan fingerprint density at radius 2 is 1.64 bits per heavy atom. The molecular weight excluding hydrogens is 342 g/mol. The molecule has 1 aliphatic rings. The molecule has 0 bridgehead atoms. The monoisotopic (exact) mass is 371 g/mol. The van der Waals surface area contributed by atoms with Crippen LogP contribution in [0.15, 0.2) is 78.9 Å². The van der Waals surface area contributed by atoms with Crippen molar-refractivity contribution in [2.45, 2.75) is 38.6 Å². The van der Waals surface area contributed by atoms with Gasteiger partial charge in [0, 0.05) is 11.7 Å². The second-order valence-electron chi connectivity index (χ2n) is 7.88. The smallest absolute Gasteiger partial charge is 0.119 e. The highest BCUT2D eigenvalue weighted by atomic mass is 16.5. The van der Waals surface area contributed by atoms with Crippen LogP contribution in [0.25, 0.3) is 0 Å². The van der Waals surface area contributed by atoms with Crippen LogP contribution in [0.3, 0.4) is 0 Å². The van der Waals surface area contributed by atoms with E-state index >= 15 is 0 Å². The highest BCUT2D eigenvalue weighted by Gasteiger charge is 2.24. The van der Waals surface area contributed by atoms with E-state index in [1.807, 2.05) is 0 Å². The summed E-state index contributed by atoms with van der Waals surface area (Å²) in [6, 6.07) is 28.6. The van der Waals surface area contributed by atoms with Gasteiger partial charge in [-0.25, -0.2) is 0 Å². The summed E-state index contributed by atoms with van der Waals surface area (Å²) in [5.74, 6) is 1.45. The molecule has 1 aliphatic heterocycles. The second kappa shape index (κ2) is 8.52. The quantitative estimate of drug-likeness (QED) is 0.515. The molecule has 0 aromatic heterocycles. The number of para-hydroxylation sites is 1. The molecule has 4 rings (SSSR count). The Labute approximate surface area is 168 Å². The van der Waals surface area contributed by atoms with Crippen molar-refractivity contribution in [1.29, 1.82) is 0 Å². The number of benzene rings is 3. The number of hydrogen-bond acceptors (Lipinski definition) is 2. The molecule has 0 radical (unpaired) electrons. The lowest BCUT2D eigenvalue weighted by Gasteiger charge is -2.25. The standard InChI is InChI=1S/C26H29NO/c1-20(18-22-8-4-3-5-9-22)23-12-14-25(15-13-23)28-17-16-27-21(2)19-24-10-6-7-11-26(24)27/h3-15,20-21H,16-19H2,1-2H3. The van der Waals surface area contributed by atoms with Crippen LogP contribution in [0.2, 0.25) is 0 Å². The fourth-order valence-corrected chi connectivity index (χ4v) is 4.21. The van der Waals surface area contributed by atoms with Gasteiger partial charge in [-0.2, -0.15) is 0 Å². The topological polar surface area (TPSA) is 12.5 Å². The van der Waals surface area contributed by atoms with Gasteiger partial charge in [-0.15, -0.1) is 0 Å². The summed E-state index contributed by atoms with van der Waals surface area (Å²) >= 11 is 0. The van der Waals surface area contributed by atoms with Crippen LogP contribution in [0.5, 0.6) is 5.75 Å². The number of anilines is 1. The lowest BCUT2D eigenvalue weighted by atomic mass is 9.94. The van der Waals surface area contributed by atoms with Crippen molar-refractivity contribution in [3.05, 3.63) is 95.6 Å². The molecule has 0 amide bonds. The summed E-state index contributed by atoms with van der Waals surface area (Å²) in [7, 11) is 0. The van der Waals surface area contributed by atoms with Crippen molar-refractivity contribution in [1.82, 2.24) is 0 Å². The summed E-state index contributed by atoms with van der Waals surface area (Å²) in [5.41, 5.74) is 5.56. The van der Waals surface area contributed by atoms with E-state index in [0.717, 1.165) is 25.1 Å². The maximum Gasteiger partial charge on any atom is 0.119 e. The van der Waals surface area contributed by atoms with Crippen molar-refractivity contribution < 1.29 is 4.74 Å². The van der Waals surface area contributed by atoms with E-state index < -0.39 is 0 Å². The van der Waals surface area contributed by atoms with Crippen LogP contribution < -0.4 is 9.64 Å². The van der Waals surface area contributed by atoms with Gasteiger partial charge >= 0.3 is 0 Å². The molecule has 2 nitrogen and oxygen atoms in total. The molecule has 2 unspecified atom stereocenters. The average molecular weight is 372 g/mol. The van der Waals surface area contributed by atoms with Crippen LogP contribution in [0.4, 0.5) is 5.69 Å². The van der Waals surface area contributed by atoms with Crippen LogP contribution in [-0.2, 0) is 12.8 Å². The first-order chi connectivity index (χ1) is 13.7. The molecule has 0 fully saturated rings. The van der Waals surface area contributed by atoms with Crippen LogP contribution >= 0.6 is 0 Å². The Hall–Kier alpha value is -2.74. The molecule has 28 heavy (non-hydrogen) atoms. The minimum Gasteiger partial charge on any atom is -0.492 e. The predicted octanol–water partition coefficient (Wildman–Crippen LogP) is 5.86. The molecule has 0 saturated carbocycles. The van der Waals surface area contributed by atoms with Gasteiger partial charge in [0.2, 0.25) is 0 Å². The number of fused-ring (bicyclic) bond motifs is 1. The van der Waals surface area contributed by atoms with Crippen LogP contribution in [-0.4, -0.2) is 19.2 Å². The number of hydrogen-bond donors (Lipinski definition) is 0. The minimum atomic E-state index is 0.499. The predicted molar refractivity (Wildman–Crippen MR) is 117 cm³/mol. The maximum atomic E-state index is 6.04. The fourth-order valence-electron chi connectivity index (χ4n) is 4.21. The lowest BCUT2D eigenvalue weighted by molar-refractivity contribution is 0.321. The number of ether oxygens (including phenoxy) is 1. The van der Waals surface area contributed by atoms with Crippen molar-refractivity contribution in [3.63, 3.8) is 0 Å². The highest BCUT2D eigenvalue weighted by molar-refractivity contribution is 5.59. The molecular formula is C26H29NO. The Bertz CT molecular complexity index is 888. The van der Waals surface area contributed by atoms with Gasteiger partial charge in [0.15, 0.2) is 0 Å². The van der Waals surface area contributed by atoms with Gasteiger partial charge in [0.25, 0.3) is 0 Å². The van der Waals surface area contributed by atoms with Crippen LogP contribution in [0.1, 0.15) is 36.5 Å². The van der Waals surface area contributed by atoms with Crippen molar-refractivity contribution in [2.75, 3.05) is 18.1 Å². The Morgan fingerprint density at radius 3 is 2.43 bits per heavy atom. The minimum absolute atomic E-state index is 0.499. The van der Waals surface area contributed by atoms with Gasteiger partial charge in [-0.05, 0) is 60.6 Å². The maximum absolute atomic E-state index is 6.04. The van der Waals surface area contributed by atoms with E-state index in [1.165, 1.54) is 22.4 Å². The fraction of sp³-hybridized carbons (Fsp3) is 0.308. The summed E-state index contributed by atoms with van der Waals surface area (Å²) < 4.78 is 6.04. The first-order valence-corrected chi connectivity index (χ1v) is 10.3. The summed E-state index contributed by atoms with van der Waals surface area (Å²) in [5, 5.41) is 0. The van der Waals surface area contributed by atoms with E-state index in [-0.39, 0.29) is 0 Å². The lowest BCUT2D eigenvalue weighted by Crippen LogP contribution is -2.33. The first-order valence-electron chi connectivity index (χ1n) is 10.3. The zero-order valence-corrected chi connectivity index (χ0v) is 16.8. The molecule has 144 valence electrons. The molecule has 2 atom stereocenters. The third kappa shape index (κ3) is 4.22. The molecule has 0 spiro atoms. The van der Waals surface area contributed by atoms with E-state index in [4.69, 9.17) is 4.74 Å². The van der Waals surface area contributed by atoms with E-state index in [9.17, 15) is 0 Å². The highest BCUT2D eigenvalue weighted by Crippen LogP contribution is 2.31. The van der Waals surface area contributed by atoms with Crippen LogP contribution in [0, 0.1) is 0 Å². The van der Waals surface area contributed by atoms with Gasteiger partial charge in [-0.1, -0.05) is 67.6 Å². The van der Waals surface area contributed by atoms with E-state index in [1.54, 1.807) is 0 Å². The zero-order valence-electron chi connectivity index (χ0n) is 16.8. The largest absolute Gasteiger partial charge is 0.492 e. The Kier molecular flexibility index (Phi) is 5.66. The molecule has 0 N–H and O–H groups in total. The molecule has 1 heterocycles. The van der Waals surface area contributed by atoms with Crippen molar-refractivity contribution in [3.8, 4) is 5.75 Å². The van der Waals surface area contributed by atoms with Gasteiger partial charge < -0.3 is 9.64 Å². The first kappa shape index (κ1) is 18.6. The zero-order chi connectivity index (χ0) is 19.3. The molecule has 3 aromatic rings. The third-order valence-corrected chi connectivity index (χ3v) is 5.78. The molecule has 3 aromatic carbocycles. The Morgan fingerprint density at radius 1 is 0.929 bits per heavy atom. The van der Waals surface area contributed by atoms with E-state index in [2.05, 4.69) is 97.6 Å². The van der Waals surface area contributed by atoms with Gasteiger partial charge in [0.05, 0.1) is 6.54 Å².